The molecule has 18 heavy (non-hydrogen) atoms. The van der Waals surface area contributed by atoms with Gasteiger partial charge in [-0.1, -0.05) is 6.07 Å². The molecule has 0 aliphatic rings. The van der Waals surface area contributed by atoms with Crippen LogP contribution in [0.1, 0.15) is 22.3 Å². The normalized spacial score (nSPS) is 12.4. The molecule has 1 aromatic carbocycles. The van der Waals surface area contributed by atoms with Crippen molar-refractivity contribution in [1.82, 2.24) is 4.98 Å². The van der Waals surface area contributed by atoms with Crippen LogP contribution in [0.3, 0.4) is 0 Å². The molecule has 1 unspecified atom stereocenters. The Kier molecular flexibility index (Phi) is 3.93. The van der Waals surface area contributed by atoms with E-state index in [1.165, 1.54) is 24.5 Å². The first-order valence-corrected chi connectivity index (χ1v) is 6.48. The molecule has 1 atom stereocenters. The van der Waals surface area contributed by atoms with E-state index in [1.54, 1.807) is 12.1 Å². The molecule has 0 radical (unpaired) electrons. The lowest BCUT2D eigenvalue weighted by Crippen LogP contribution is -2.16. The zero-order chi connectivity index (χ0) is 13.1. The number of aromatic nitrogens is 1. The molecule has 0 spiro atoms. The van der Waals surface area contributed by atoms with E-state index in [2.05, 4.69) is 4.98 Å². The van der Waals surface area contributed by atoms with Crippen LogP contribution >= 0.6 is 11.3 Å². The molecule has 0 aliphatic heterocycles. The lowest BCUT2D eigenvalue weighted by molar-refractivity contribution is 0.398. The third kappa shape index (κ3) is 2.68. The zero-order valence-corrected chi connectivity index (χ0v) is 11.1. The predicted molar refractivity (Wildman–Crippen MR) is 70.4 cm³/mol. The van der Waals surface area contributed by atoms with Gasteiger partial charge in [-0.2, -0.15) is 0 Å². The smallest absolute Gasteiger partial charge is 0.131 e. The van der Waals surface area contributed by atoms with Crippen molar-refractivity contribution >= 4 is 11.3 Å². The number of halogens is 1. The van der Waals surface area contributed by atoms with Crippen molar-refractivity contribution in [1.29, 1.82) is 0 Å². The Bertz CT molecular complexity index is 542. The van der Waals surface area contributed by atoms with E-state index in [0.717, 1.165) is 10.7 Å². The van der Waals surface area contributed by atoms with E-state index in [0.29, 0.717) is 17.7 Å². The number of hydrogen-bond acceptors (Lipinski definition) is 4. The van der Waals surface area contributed by atoms with Crippen molar-refractivity contribution in [3.63, 3.8) is 0 Å². The van der Waals surface area contributed by atoms with Crippen LogP contribution in [-0.4, -0.2) is 12.1 Å². The molecule has 5 heteroatoms. The molecular formula is C13H15FN2OS. The number of methoxy groups -OCH3 is 1. The molecule has 0 aliphatic carbocycles. The molecule has 0 amide bonds. The zero-order valence-electron chi connectivity index (χ0n) is 10.3. The Morgan fingerprint density at radius 3 is 2.89 bits per heavy atom. The SMILES string of the molecule is COc1cccc(F)c1C(N)Cc1nc(C)cs1. The summed E-state index contributed by atoms with van der Waals surface area (Å²) in [7, 11) is 1.51. The molecule has 1 heterocycles. The van der Waals surface area contributed by atoms with Gasteiger partial charge in [0.1, 0.15) is 11.6 Å². The summed E-state index contributed by atoms with van der Waals surface area (Å²) in [5.74, 6) is 0.144. The average Bonchev–Trinajstić information content (AvgIpc) is 2.74. The lowest BCUT2D eigenvalue weighted by atomic mass is 10.0. The largest absolute Gasteiger partial charge is 0.496 e. The monoisotopic (exact) mass is 266 g/mol. The molecule has 2 aromatic rings. The van der Waals surface area contributed by atoms with Crippen LogP contribution in [0.2, 0.25) is 0 Å². The molecule has 0 fully saturated rings. The quantitative estimate of drug-likeness (QED) is 0.925. The summed E-state index contributed by atoms with van der Waals surface area (Å²) < 4.78 is 19.0. The molecule has 0 saturated carbocycles. The van der Waals surface area contributed by atoms with Crippen LogP contribution < -0.4 is 10.5 Å². The van der Waals surface area contributed by atoms with Gasteiger partial charge in [-0.25, -0.2) is 9.37 Å². The van der Waals surface area contributed by atoms with E-state index in [9.17, 15) is 4.39 Å². The highest BCUT2D eigenvalue weighted by Gasteiger charge is 2.18. The van der Waals surface area contributed by atoms with Crippen LogP contribution in [-0.2, 0) is 6.42 Å². The number of nitrogens with two attached hydrogens (primary N) is 1. The van der Waals surface area contributed by atoms with Gasteiger partial charge in [0.05, 0.1) is 12.1 Å². The average molecular weight is 266 g/mol. The van der Waals surface area contributed by atoms with Crippen molar-refractivity contribution in [2.24, 2.45) is 5.73 Å². The molecule has 0 saturated heterocycles. The summed E-state index contributed by atoms with van der Waals surface area (Å²) in [6.45, 7) is 1.93. The number of thiazole rings is 1. The molecule has 96 valence electrons. The van der Waals surface area contributed by atoms with Crippen LogP contribution in [0.25, 0.3) is 0 Å². The van der Waals surface area contributed by atoms with Crippen molar-refractivity contribution < 1.29 is 9.13 Å². The van der Waals surface area contributed by atoms with Gasteiger partial charge >= 0.3 is 0 Å². The number of rotatable bonds is 4. The fraction of sp³-hybridized carbons (Fsp3) is 0.308. The van der Waals surface area contributed by atoms with Gasteiger partial charge in [0, 0.05) is 29.1 Å². The Morgan fingerprint density at radius 1 is 1.50 bits per heavy atom. The number of benzene rings is 1. The van der Waals surface area contributed by atoms with E-state index in [-0.39, 0.29) is 5.82 Å². The number of aryl methyl sites for hydroxylation is 1. The van der Waals surface area contributed by atoms with E-state index in [4.69, 9.17) is 10.5 Å². The summed E-state index contributed by atoms with van der Waals surface area (Å²) in [4.78, 5) is 4.34. The Hall–Kier alpha value is -1.46. The highest BCUT2D eigenvalue weighted by atomic mass is 32.1. The maximum atomic E-state index is 13.8. The fourth-order valence-corrected chi connectivity index (χ4v) is 2.67. The highest BCUT2D eigenvalue weighted by molar-refractivity contribution is 7.09. The van der Waals surface area contributed by atoms with Crippen LogP contribution in [0, 0.1) is 12.7 Å². The van der Waals surface area contributed by atoms with E-state index in [1.807, 2.05) is 12.3 Å². The number of hydrogen-bond donors (Lipinski definition) is 1. The second-order valence-electron chi connectivity index (χ2n) is 4.05. The first-order valence-electron chi connectivity index (χ1n) is 5.60. The van der Waals surface area contributed by atoms with Gasteiger partial charge in [-0.15, -0.1) is 11.3 Å². The molecule has 2 rings (SSSR count). The Morgan fingerprint density at radius 2 is 2.28 bits per heavy atom. The van der Waals surface area contributed by atoms with Crippen molar-refractivity contribution in [3.05, 3.63) is 45.7 Å². The molecule has 1 aromatic heterocycles. The van der Waals surface area contributed by atoms with Gasteiger partial charge in [-0.3, -0.25) is 0 Å². The lowest BCUT2D eigenvalue weighted by Gasteiger charge is -2.15. The first-order chi connectivity index (χ1) is 8.61. The van der Waals surface area contributed by atoms with Crippen LogP contribution in [0.15, 0.2) is 23.6 Å². The van der Waals surface area contributed by atoms with Gasteiger partial charge in [0.2, 0.25) is 0 Å². The Labute approximate surface area is 109 Å². The maximum absolute atomic E-state index is 13.8. The second-order valence-corrected chi connectivity index (χ2v) is 4.99. The topological polar surface area (TPSA) is 48.1 Å². The minimum absolute atomic E-state index is 0.338. The maximum Gasteiger partial charge on any atom is 0.131 e. The Balaban J connectivity index is 2.25. The highest BCUT2D eigenvalue weighted by Crippen LogP contribution is 2.29. The predicted octanol–water partition coefficient (Wildman–Crippen LogP) is 2.84. The molecular weight excluding hydrogens is 251 g/mol. The standard InChI is InChI=1S/C13H15FN2OS/c1-8-7-18-12(16-8)6-10(15)13-9(14)4-3-5-11(13)17-2/h3-5,7,10H,6,15H2,1-2H3. The van der Waals surface area contributed by atoms with Crippen LogP contribution in [0.5, 0.6) is 5.75 Å². The van der Waals surface area contributed by atoms with Crippen LogP contribution in [0.4, 0.5) is 4.39 Å². The minimum Gasteiger partial charge on any atom is -0.496 e. The molecule has 0 bridgehead atoms. The third-order valence-electron chi connectivity index (χ3n) is 2.66. The summed E-state index contributed by atoms with van der Waals surface area (Å²) in [6, 6.07) is 4.26. The summed E-state index contributed by atoms with van der Waals surface area (Å²) in [5.41, 5.74) is 7.43. The fourth-order valence-electron chi connectivity index (χ4n) is 1.84. The van der Waals surface area contributed by atoms with E-state index >= 15 is 0 Å². The van der Waals surface area contributed by atoms with Gasteiger partial charge in [0.25, 0.3) is 0 Å². The number of nitrogens with zero attached hydrogens (tertiary/aromatic N) is 1. The third-order valence-corrected chi connectivity index (χ3v) is 3.65. The second kappa shape index (κ2) is 5.46. The van der Waals surface area contributed by atoms with Crippen molar-refractivity contribution in [2.75, 3.05) is 7.11 Å². The summed E-state index contributed by atoms with van der Waals surface area (Å²) >= 11 is 1.54. The summed E-state index contributed by atoms with van der Waals surface area (Å²) in [6.07, 6.45) is 0.510. The molecule has 2 N–H and O–H groups in total. The van der Waals surface area contributed by atoms with Gasteiger partial charge in [-0.05, 0) is 19.1 Å². The summed E-state index contributed by atoms with van der Waals surface area (Å²) in [5, 5.41) is 2.87. The van der Waals surface area contributed by atoms with Crippen molar-refractivity contribution in [3.8, 4) is 5.75 Å². The van der Waals surface area contributed by atoms with E-state index < -0.39 is 6.04 Å². The van der Waals surface area contributed by atoms with Crippen molar-refractivity contribution in [2.45, 2.75) is 19.4 Å². The first kappa shape index (κ1) is 13.0. The van der Waals surface area contributed by atoms with Gasteiger partial charge < -0.3 is 10.5 Å². The number of ether oxygens (including phenoxy) is 1. The van der Waals surface area contributed by atoms with Gasteiger partial charge in [0.15, 0.2) is 0 Å². The molecule has 3 nitrogen and oxygen atoms in total. The minimum atomic E-state index is -0.452.